The molecule has 3 fully saturated rings. The molecule has 5 heteroatoms. The Morgan fingerprint density at radius 3 is 2.95 bits per heavy atom. The topological polar surface area (TPSA) is 61.8 Å². The van der Waals surface area contributed by atoms with Gasteiger partial charge in [0.25, 0.3) is 0 Å². The lowest BCUT2D eigenvalue weighted by Crippen LogP contribution is -2.47. The van der Waals surface area contributed by atoms with Gasteiger partial charge in [-0.15, -0.1) is 0 Å². The van der Waals surface area contributed by atoms with Gasteiger partial charge in [0.15, 0.2) is 6.10 Å². The third-order valence-electron chi connectivity index (χ3n) is 4.84. The van der Waals surface area contributed by atoms with E-state index in [0.717, 1.165) is 19.0 Å². The van der Waals surface area contributed by atoms with Gasteiger partial charge in [-0.3, -0.25) is 0 Å². The predicted molar refractivity (Wildman–Crippen MR) is 71.2 cm³/mol. The van der Waals surface area contributed by atoms with Gasteiger partial charge >= 0.3 is 5.97 Å². The Morgan fingerprint density at radius 1 is 1.26 bits per heavy atom. The summed E-state index contributed by atoms with van der Waals surface area (Å²) in [6, 6.07) is 1.37. The highest BCUT2D eigenvalue weighted by Crippen LogP contribution is 2.27. The van der Waals surface area contributed by atoms with E-state index in [1.807, 2.05) is 0 Å². The summed E-state index contributed by atoms with van der Waals surface area (Å²) < 4.78 is 5.53. The fourth-order valence-electron chi connectivity index (χ4n) is 3.75. The average molecular weight is 268 g/mol. The molecular weight excluding hydrogens is 244 g/mol. The molecule has 0 aromatic carbocycles. The van der Waals surface area contributed by atoms with Crippen LogP contribution in [0.25, 0.3) is 0 Å². The van der Waals surface area contributed by atoms with E-state index in [1.165, 1.54) is 38.8 Å². The molecule has 19 heavy (non-hydrogen) atoms. The SMILES string of the molecule is O=C(O)C1CCC(CNC2CCN3CCCC3C2)O1. The zero-order valence-electron chi connectivity index (χ0n) is 11.4. The van der Waals surface area contributed by atoms with Gasteiger partial charge in [0.05, 0.1) is 6.10 Å². The summed E-state index contributed by atoms with van der Waals surface area (Å²) in [5, 5.41) is 12.5. The molecule has 5 nitrogen and oxygen atoms in total. The molecule has 108 valence electrons. The lowest BCUT2D eigenvalue weighted by atomic mass is 9.97. The van der Waals surface area contributed by atoms with Crippen LogP contribution in [0.1, 0.15) is 38.5 Å². The lowest BCUT2D eigenvalue weighted by Gasteiger charge is -2.35. The van der Waals surface area contributed by atoms with Crippen molar-refractivity contribution in [1.29, 1.82) is 0 Å². The van der Waals surface area contributed by atoms with Crippen LogP contribution < -0.4 is 5.32 Å². The highest BCUT2D eigenvalue weighted by molar-refractivity contribution is 5.72. The standard InChI is InChI=1S/C14H24N2O3/c17-14(18)13-4-3-12(19-13)9-15-10-5-7-16-6-1-2-11(16)8-10/h10-13,15H,1-9H2,(H,17,18). The first kappa shape index (κ1) is 13.3. The number of fused-ring (bicyclic) bond motifs is 1. The quantitative estimate of drug-likeness (QED) is 0.791. The first-order chi connectivity index (χ1) is 9.22. The summed E-state index contributed by atoms with van der Waals surface area (Å²) >= 11 is 0. The number of ether oxygens (including phenoxy) is 1. The van der Waals surface area contributed by atoms with E-state index in [1.54, 1.807) is 0 Å². The van der Waals surface area contributed by atoms with Gasteiger partial charge < -0.3 is 20.1 Å². The molecule has 0 radical (unpaired) electrons. The largest absolute Gasteiger partial charge is 0.479 e. The Labute approximate surface area is 114 Å². The van der Waals surface area contributed by atoms with Gasteiger partial charge in [-0.2, -0.15) is 0 Å². The van der Waals surface area contributed by atoms with Gasteiger partial charge in [-0.25, -0.2) is 4.79 Å². The van der Waals surface area contributed by atoms with Crippen LogP contribution in [0.5, 0.6) is 0 Å². The van der Waals surface area contributed by atoms with Gasteiger partial charge in [0.1, 0.15) is 0 Å². The second-order valence-corrected chi connectivity index (χ2v) is 6.12. The fourth-order valence-corrected chi connectivity index (χ4v) is 3.75. The molecule has 0 amide bonds. The number of carboxylic acids is 1. The molecule has 3 aliphatic heterocycles. The number of hydrogen-bond donors (Lipinski definition) is 2. The predicted octanol–water partition coefficient (Wildman–Crippen LogP) is 0.835. The summed E-state index contributed by atoms with van der Waals surface area (Å²) in [4.78, 5) is 13.4. The fraction of sp³-hybridized carbons (Fsp3) is 0.929. The maximum Gasteiger partial charge on any atom is 0.332 e. The summed E-state index contributed by atoms with van der Waals surface area (Å²) in [5.74, 6) is -0.818. The van der Waals surface area contributed by atoms with Crippen molar-refractivity contribution >= 4 is 5.97 Å². The number of rotatable bonds is 4. The number of carbonyl (C=O) groups is 1. The van der Waals surface area contributed by atoms with Gasteiger partial charge in [-0.1, -0.05) is 0 Å². The molecule has 3 saturated heterocycles. The first-order valence-corrected chi connectivity index (χ1v) is 7.58. The van der Waals surface area contributed by atoms with Crippen LogP contribution >= 0.6 is 0 Å². The molecular formula is C14H24N2O3. The number of carboxylic acid groups (broad SMARTS) is 1. The number of nitrogens with one attached hydrogen (secondary N) is 1. The summed E-state index contributed by atoms with van der Waals surface area (Å²) in [5.41, 5.74) is 0. The Bertz CT molecular complexity index is 337. The van der Waals surface area contributed by atoms with E-state index < -0.39 is 12.1 Å². The normalized spacial score (nSPS) is 39.4. The Morgan fingerprint density at radius 2 is 2.16 bits per heavy atom. The molecule has 3 rings (SSSR count). The van der Waals surface area contributed by atoms with E-state index in [4.69, 9.17) is 9.84 Å². The lowest BCUT2D eigenvalue weighted by molar-refractivity contribution is -0.149. The first-order valence-electron chi connectivity index (χ1n) is 7.58. The third kappa shape index (κ3) is 3.09. The average Bonchev–Trinajstić information content (AvgIpc) is 3.04. The maximum absolute atomic E-state index is 10.8. The molecule has 0 bridgehead atoms. The molecule has 0 saturated carbocycles. The van der Waals surface area contributed by atoms with Crippen LogP contribution in [-0.2, 0) is 9.53 Å². The van der Waals surface area contributed by atoms with Crippen LogP contribution in [0, 0.1) is 0 Å². The minimum absolute atomic E-state index is 0.0858. The van der Waals surface area contributed by atoms with Gasteiger partial charge in [0.2, 0.25) is 0 Å². The van der Waals surface area contributed by atoms with Crippen molar-refractivity contribution in [1.82, 2.24) is 10.2 Å². The van der Waals surface area contributed by atoms with Gasteiger partial charge in [0, 0.05) is 18.6 Å². The molecule has 0 aliphatic carbocycles. The van der Waals surface area contributed by atoms with Crippen molar-refractivity contribution in [2.45, 2.75) is 62.8 Å². The monoisotopic (exact) mass is 268 g/mol. The van der Waals surface area contributed by atoms with Crippen molar-refractivity contribution in [3.05, 3.63) is 0 Å². The highest BCUT2D eigenvalue weighted by atomic mass is 16.5. The smallest absolute Gasteiger partial charge is 0.332 e. The highest BCUT2D eigenvalue weighted by Gasteiger charge is 2.33. The van der Waals surface area contributed by atoms with Crippen LogP contribution in [0.2, 0.25) is 0 Å². The maximum atomic E-state index is 10.8. The summed E-state index contributed by atoms with van der Waals surface area (Å²) in [6.45, 7) is 3.30. The zero-order chi connectivity index (χ0) is 13.2. The molecule has 0 aromatic rings. The van der Waals surface area contributed by atoms with E-state index in [2.05, 4.69) is 10.2 Å². The molecule has 4 atom stereocenters. The molecule has 3 aliphatic rings. The second-order valence-electron chi connectivity index (χ2n) is 6.12. The minimum Gasteiger partial charge on any atom is -0.479 e. The van der Waals surface area contributed by atoms with Crippen molar-refractivity contribution in [3.8, 4) is 0 Å². The minimum atomic E-state index is -0.818. The number of piperidine rings is 1. The second kappa shape index (κ2) is 5.77. The van der Waals surface area contributed by atoms with Crippen molar-refractivity contribution in [2.24, 2.45) is 0 Å². The van der Waals surface area contributed by atoms with E-state index >= 15 is 0 Å². The number of nitrogens with zero attached hydrogens (tertiary/aromatic N) is 1. The Hall–Kier alpha value is -0.650. The van der Waals surface area contributed by atoms with Crippen LogP contribution in [-0.4, -0.2) is 59.9 Å². The molecule has 0 aromatic heterocycles. The number of hydrogen-bond acceptors (Lipinski definition) is 4. The summed E-state index contributed by atoms with van der Waals surface area (Å²) in [6.07, 6.45) is 6.18. The Balaban J connectivity index is 1.40. The van der Waals surface area contributed by atoms with E-state index in [0.29, 0.717) is 12.5 Å². The van der Waals surface area contributed by atoms with Crippen molar-refractivity contribution in [2.75, 3.05) is 19.6 Å². The molecule has 2 N–H and O–H groups in total. The van der Waals surface area contributed by atoms with Crippen LogP contribution in [0.4, 0.5) is 0 Å². The van der Waals surface area contributed by atoms with Crippen molar-refractivity contribution in [3.63, 3.8) is 0 Å². The zero-order valence-corrected chi connectivity index (χ0v) is 11.4. The van der Waals surface area contributed by atoms with Crippen molar-refractivity contribution < 1.29 is 14.6 Å². The van der Waals surface area contributed by atoms with E-state index in [9.17, 15) is 4.79 Å². The molecule has 0 spiro atoms. The van der Waals surface area contributed by atoms with E-state index in [-0.39, 0.29) is 6.10 Å². The number of aliphatic carboxylic acids is 1. The van der Waals surface area contributed by atoms with Crippen LogP contribution in [0.15, 0.2) is 0 Å². The Kier molecular flexibility index (Phi) is 4.05. The molecule has 4 unspecified atom stereocenters. The molecule has 3 heterocycles. The van der Waals surface area contributed by atoms with Crippen LogP contribution in [0.3, 0.4) is 0 Å². The van der Waals surface area contributed by atoms with Gasteiger partial charge in [-0.05, 0) is 51.6 Å². The summed E-state index contributed by atoms with van der Waals surface area (Å²) in [7, 11) is 0. The third-order valence-corrected chi connectivity index (χ3v) is 4.84.